The molecule has 0 saturated heterocycles. The van der Waals surface area contributed by atoms with E-state index in [1.807, 2.05) is 0 Å². The number of para-hydroxylation sites is 1. The number of nitrogens with zero attached hydrogens (tertiary/aromatic N) is 2. The zero-order valence-electron chi connectivity index (χ0n) is 10.0. The molecule has 7 heteroatoms. The molecule has 0 aliphatic carbocycles. The van der Waals surface area contributed by atoms with Crippen LogP contribution < -0.4 is 16.0 Å². The van der Waals surface area contributed by atoms with Gasteiger partial charge < -0.3 is 9.84 Å². The highest BCUT2D eigenvalue weighted by atomic mass is 19.1. The third-order valence-electron chi connectivity index (χ3n) is 2.40. The summed E-state index contributed by atoms with van der Waals surface area (Å²) >= 11 is 0. The smallest absolute Gasteiger partial charge is 0.260 e. The van der Waals surface area contributed by atoms with Gasteiger partial charge in [-0.1, -0.05) is 18.2 Å². The first-order valence-corrected chi connectivity index (χ1v) is 5.60. The summed E-state index contributed by atoms with van der Waals surface area (Å²) in [7, 11) is 0. The Hall–Kier alpha value is -2.25. The van der Waals surface area contributed by atoms with Crippen LogP contribution in [0.25, 0.3) is 0 Å². The molecule has 4 N–H and O–H groups in total. The first-order valence-electron chi connectivity index (χ1n) is 5.60. The van der Waals surface area contributed by atoms with Crippen LogP contribution in [0.5, 0.6) is 11.6 Å². The monoisotopic (exact) mass is 264 g/mol. The summed E-state index contributed by atoms with van der Waals surface area (Å²) in [6.07, 6.45) is 1.37. The molecule has 0 spiro atoms. The van der Waals surface area contributed by atoms with Crippen LogP contribution in [0, 0.1) is 5.82 Å². The Morgan fingerprint density at radius 1 is 1.37 bits per heavy atom. The molecule has 0 aliphatic heterocycles. The van der Waals surface area contributed by atoms with Gasteiger partial charge in [-0.15, -0.1) is 0 Å². The number of nitrogen functional groups attached to an aromatic ring is 1. The lowest BCUT2D eigenvalue weighted by Gasteiger charge is -2.10. The molecule has 2 aromatic rings. The quantitative estimate of drug-likeness (QED) is 0.555. The molecule has 1 aromatic heterocycles. The van der Waals surface area contributed by atoms with Crippen molar-refractivity contribution in [2.75, 3.05) is 12.0 Å². The number of ether oxygens (including phenoxy) is 1. The van der Waals surface area contributed by atoms with Crippen LogP contribution in [0.1, 0.15) is 5.56 Å². The van der Waals surface area contributed by atoms with Gasteiger partial charge in [-0.05, 0) is 18.1 Å². The van der Waals surface area contributed by atoms with Crippen molar-refractivity contribution in [2.45, 2.75) is 6.42 Å². The van der Waals surface area contributed by atoms with Gasteiger partial charge in [0.05, 0.1) is 6.20 Å². The molecule has 1 heterocycles. The molecule has 0 bridgehead atoms. The van der Waals surface area contributed by atoms with E-state index in [0.29, 0.717) is 12.2 Å². The minimum absolute atomic E-state index is 0.0256. The lowest BCUT2D eigenvalue weighted by Crippen LogP contribution is -2.11. The van der Waals surface area contributed by atoms with Gasteiger partial charge in [-0.25, -0.2) is 10.8 Å². The van der Waals surface area contributed by atoms with E-state index in [2.05, 4.69) is 15.4 Å². The van der Waals surface area contributed by atoms with E-state index in [0.717, 1.165) is 11.8 Å². The second kappa shape index (κ2) is 6.07. The van der Waals surface area contributed by atoms with Crippen LogP contribution in [0.2, 0.25) is 0 Å². The first kappa shape index (κ1) is 13.2. The molecular weight excluding hydrogens is 251 g/mol. The molecule has 0 amide bonds. The second-order valence-electron chi connectivity index (χ2n) is 3.67. The third kappa shape index (κ3) is 3.15. The summed E-state index contributed by atoms with van der Waals surface area (Å²) in [5, 5.41) is 8.97. The van der Waals surface area contributed by atoms with E-state index in [9.17, 15) is 4.39 Å². The minimum Gasteiger partial charge on any atom is -0.436 e. The van der Waals surface area contributed by atoms with Crippen LogP contribution in [-0.2, 0) is 6.42 Å². The summed E-state index contributed by atoms with van der Waals surface area (Å²) in [5.74, 6) is 4.71. The zero-order chi connectivity index (χ0) is 13.7. The molecule has 0 radical (unpaired) electrons. The summed E-state index contributed by atoms with van der Waals surface area (Å²) in [6.45, 7) is -0.0256. The highest BCUT2D eigenvalue weighted by Gasteiger charge is 2.11. The number of aromatic nitrogens is 2. The number of rotatable bonds is 5. The summed E-state index contributed by atoms with van der Waals surface area (Å²) in [5.41, 5.74) is 2.97. The number of hydrogen-bond donors (Lipinski definition) is 3. The maximum absolute atomic E-state index is 13.5. The number of aliphatic hydroxyl groups excluding tert-OH is 1. The van der Waals surface area contributed by atoms with E-state index in [-0.39, 0.29) is 18.4 Å². The Balaban J connectivity index is 2.30. The summed E-state index contributed by atoms with van der Waals surface area (Å²) in [4.78, 5) is 7.40. The van der Waals surface area contributed by atoms with E-state index < -0.39 is 5.82 Å². The maximum Gasteiger partial charge on any atom is 0.260 e. The minimum atomic E-state index is -0.696. The molecule has 100 valence electrons. The molecule has 0 unspecified atom stereocenters. The lowest BCUT2D eigenvalue weighted by atomic mass is 10.1. The van der Waals surface area contributed by atoms with Gasteiger partial charge in [-0.2, -0.15) is 9.37 Å². The molecule has 6 nitrogen and oxygen atoms in total. The largest absolute Gasteiger partial charge is 0.436 e. The van der Waals surface area contributed by atoms with Crippen LogP contribution in [-0.4, -0.2) is 21.7 Å². The van der Waals surface area contributed by atoms with Crippen molar-refractivity contribution in [1.82, 2.24) is 9.97 Å². The van der Waals surface area contributed by atoms with Crippen molar-refractivity contribution >= 4 is 5.95 Å². The molecule has 0 saturated carbocycles. The SMILES string of the molecule is NNc1ncc(F)c(Oc2ccccc2CCO)n1. The molecule has 0 aliphatic rings. The van der Waals surface area contributed by atoms with Crippen molar-refractivity contribution in [2.24, 2.45) is 5.84 Å². The number of nitrogens with two attached hydrogens (primary N) is 1. The number of aliphatic hydroxyl groups is 1. The normalized spacial score (nSPS) is 10.3. The number of halogens is 1. The first-order chi connectivity index (χ1) is 9.24. The molecule has 2 rings (SSSR count). The molecular formula is C12H13FN4O2. The Labute approximate surface area is 109 Å². The van der Waals surface area contributed by atoms with E-state index >= 15 is 0 Å². The van der Waals surface area contributed by atoms with Crippen molar-refractivity contribution in [3.05, 3.63) is 41.8 Å². The van der Waals surface area contributed by atoms with Gasteiger partial charge in [0.15, 0.2) is 0 Å². The van der Waals surface area contributed by atoms with Gasteiger partial charge in [0.25, 0.3) is 5.88 Å². The lowest BCUT2D eigenvalue weighted by molar-refractivity contribution is 0.297. The van der Waals surface area contributed by atoms with Crippen LogP contribution >= 0.6 is 0 Å². The molecule has 0 atom stereocenters. The Bertz CT molecular complexity index is 565. The fourth-order valence-corrected chi connectivity index (χ4v) is 1.53. The van der Waals surface area contributed by atoms with E-state index in [1.165, 1.54) is 0 Å². The summed E-state index contributed by atoms with van der Waals surface area (Å²) in [6, 6.07) is 7.01. The van der Waals surface area contributed by atoms with E-state index in [4.69, 9.17) is 15.7 Å². The highest BCUT2D eigenvalue weighted by molar-refractivity contribution is 5.37. The van der Waals surface area contributed by atoms with Gasteiger partial charge in [0, 0.05) is 6.61 Å². The van der Waals surface area contributed by atoms with Crippen LogP contribution in [0.4, 0.5) is 10.3 Å². The number of benzene rings is 1. The maximum atomic E-state index is 13.5. The predicted molar refractivity (Wildman–Crippen MR) is 67.1 cm³/mol. The average molecular weight is 264 g/mol. The van der Waals surface area contributed by atoms with Gasteiger partial charge in [-0.3, -0.25) is 5.43 Å². The standard InChI is InChI=1S/C12H13FN4O2/c13-9-7-15-12(17-14)16-11(9)19-10-4-2-1-3-8(10)5-6-18/h1-4,7,18H,5-6,14H2,(H,15,16,17). The average Bonchev–Trinajstić information content (AvgIpc) is 2.43. The molecule has 1 aromatic carbocycles. The molecule has 0 fully saturated rings. The van der Waals surface area contributed by atoms with Gasteiger partial charge >= 0.3 is 0 Å². The molecule has 19 heavy (non-hydrogen) atoms. The third-order valence-corrected chi connectivity index (χ3v) is 2.40. The van der Waals surface area contributed by atoms with Crippen molar-refractivity contribution in [3.63, 3.8) is 0 Å². The van der Waals surface area contributed by atoms with Crippen molar-refractivity contribution < 1.29 is 14.2 Å². The van der Waals surface area contributed by atoms with Gasteiger partial charge in [0.2, 0.25) is 11.8 Å². The fraction of sp³-hybridized carbons (Fsp3) is 0.167. The predicted octanol–water partition coefficient (Wildman–Crippen LogP) is 1.23. The highest BCUT2D eigenvalue weighted by Crippen LogP contribution is 2.26. The second-order valence-corrected chi connectivity index (χ2v) is 3.67. The summed E-state index contributed by atoms with van der Waals surface area (Å²) < 4.78 is 18.9. The Kier molecular flexibility index (Phi) is 4.22. The Morgan fingerprint density at radius 2 is 2.16 bits per heavy atom. The number of hydrazine groups is 1. The topological polar surface area (TPSA) is 93.3 Å². The number of nitrogens with one attached hydrogen (secondary N) is 1. The van der Waals surface area contributed by atoms with Crippen LogP contribution in [0.3, 0.4) is 0 Å². The van der Waals surface area contributed by atoms with Crippen molar-refractivity contribution in [1.29, 1.82) is 0 Å². The van der Waals surface area contributed by atoms with Crippen molar-refractivity contribution in [3.8, 4) is 11.6 Å². The zero-order valence-corrected chi connectivity index (χ0v) is 10.0. The number of hydrogen-bond acceptors (Lipinski definition) is 6. The Morgan fingerprint density at radius 3 is 2.89 bits per heavy atom. The number of anilines is 1. The van der Waals surface area contributed by atoms with E-state index in [1.54, 1.807) is 24.3 Å². The fourth-order valence-electron chi connectivity index (χ4n) is 1.53. The van der Waals surface area contributed by atoms with Gasteiger partial charge in [0.1, 0.15) is 5.75 Å². The van der Waals surface area contributed by atoms with Crippen LogP contribution in [0.15, 0.2) is 30.5 Å².